The number of ether oxygens (including phenoxy) is 2. The van der Waals surface area contributed by atoms with Crippen molar-refractivity contribution in [2.45, 2.75) is 6.92 Å². The Hall–Kier alpha value is -2.45. The lowest BCUT2D eigenvalue weighted by molar-refractivity contribution is -0.122. The number of carbonyl (C=O) groups is 2. The van der Waals surface area contributed by atoms with Gasteiger partial charge in [-0.2, -0.15) is 0 Å². The molecule has 0 bridgehead atoms. The van der Waals surface area contributed by atoms with Gasteiger partial charge < -0.3 is 14.8 Å². The van der Waals surface area contributed by atoms with Gasteiger partial charge >= 0.3 is 0 Å². The third-order valence-corrected chi connectivity index (χ3v) is 5.60. The van der Waals surface area contributed by atoms with E-state index < -0.39 is 0 Å². The molecule has 6 nitrogen and oxygen atoms in total. The van der Waals surface area contributed by atoms with E-state index in [0.29, 0.717) is 16.4 Å². The van der Waals surface area contributed by atoms with Crippen molar-refractivity contribution in [3.05, 3.63) is 56.9 Å². The van der Waals surface area contributed by atoms with Gasteiger partial charge in [0.15, 0.2) is 11.5 Å². The van der Waals surface area contributed by atoms with Crippen LogP contribution in [-0.4, -0.2) is 36.9 Å². The lowest BCUT2D eigenvalue weighted by Gasteiger charge is -2.16. The molecule has 28 heavy (non-hydrogen) atoms. The van der Waals surface area contributed by atoms with E-state index in [0.717, 1.165) is 33.0 Å². The summed E-state index contributed by atoms with van der Waals surface area (Å²) in [5.41, 5.74) is 2.63. The van der Waals surface area contributed by atoms with Crippen molar-refractivity contribution in [3.8, 4) is 11.5 Å². The largest absolute Gasteiger partial charge is 0.493 e. The summed E-state index contributed by atoms with van der Waals surface area (Å²) in [4.78, 5) is 26.5. The topological polar surface area (TPSA) is 67.9 Å². The molecule has 0 radical (unpaired) electrons. The first-order valence-corrected chi connectivity index (χ1v) is 10.0. The quantitative estimate of drug-likeness (QED) is 0.616. The number of aryl methyl sites for hydroxylation is 1. The number of rotatable bonds is 6. The molecule has 0 atom stereocenters. The molecule has 8 heteroatoms. The highest BCUT2D eigenvalue weighted by molar-refractivity contribution is 9.10. The van der Waals surface area contributed by atoms with Gasteiger partial charge in [-0.3, -0.25) is 14.5 Å². The van der Waals surface area contributed by atoms with Crippen molar-refractivity contribution in [1.82, 2.24) is 4.90 Å². The number of hydrogen-bond donors (Lipinski definition) is 1. The van der Waals surface area contributed by atoms with Crippen LogP contribution >= 0.6 is 27.7 Å². The molecule has 0 aliphatic carbocycles. The number of halogens is 1. The maximum Gasteiger partial charge on any atom is 0.295 e. The van der Waals surface area contributed by atoms with Gasteiger partial charge in [-0.25, -0.2) is 0 Å². The third kappa shape index (κ3) is 4.34. The number of amides is 2. The van der Waals surface area contributed by atoms with E-state index in [-0.39, 0.29) is 17.8 Å². The number of anilines is 1. The molecule has 1 N–H and O–H groups in total. The molecular formula is C20H19BrN2O4S. The highest BCUT2D eigenvalue weighted by Gasteiger charge is 2.34. The maximum atomic E-state index is 12.7. The Bertz CT molecular complexity index is 961. The molecule has 3 rings (SSSR count). The second kappa shape index (κ2) is 8.70. The molecule has 0 saturated carbocycles. The van der Waals surface area contributed by atoms with Gasteiger partial charge in [-0.15, -0.1) is 0 Å². The fourth-order valence-electron chi connectivity index (χ4n) is 2.72. The highest BCUT2D eigenvalue weighted by atomic mass is 79.9. The van der Waals surface area contributed by atoms with Gasteiger partial charge in [-0.1, -0.05) is 22.0 Å². The Morgan fingerprint density at radius 2 is 1.86 bits per heavy atom. The molecule has 1 fully saturated rings. The molecule has 0 aromatic heterocycles. The van der Waals surface area contributed by atoms with Crippen LogP contribution in [0.1, 0.15) is 11.1 Å². The molecule has 2 amide bonds. The van der Waals surface area contributed by atoms with Crippen LogP contribution in [0.5, 0.6) is 11.5 Å². The van der Waals surface area contributed by atoms with E-state index in [1.165, 1.54) is 4.90 Å². The molecule has 0 spiro atoms. The Morgan fingerprint density at radius 3 is 2.54 bits per heavy atom. The summed E-state index contributed by atoms with van der Waals surface area (Å²) in [5.74, 6) is 0.830. The average Bonchev–Trinajstić information content (AvgIpc) is 2.94. The lowest BCUT2D eigenvalue weighted by Crippen LogP contribution is -2.33. The number of hydrogen-bond acceptors (Lipinski definition) is 6. The van der Waals surface area contributed by atoms with Crippen LogP contribution < -0.4 is 14.8 Å². The molecule has 146 valence electrons. The first-order chi connectivity index (χ1) is 13.4. The fraction of sp³-hybridized carbons (Fsp3) is 0.200. The molecule has 1 aliphatic rings. The molecule has 2 aromatic carbocycles. The van der Waals surface area contributed by atoms with Gasteiger partial charge in [-0.05, 0) is 66.2 Å². The minimum atomic E-state index is -0.327. The van der Waals surface area contributed by atoms with Crippen LogP contribution in [0, 0.1) is 6.92 Å². The van der Waals surface area contributed by atoms with Crippen LogP contribution in [0.25, 0.3) is 6.08 Å². The summed E-state index contributed by atoms with van der Waals surface area (Å²) >= 11 is 4.34. The number of carbonyl (C=O) groups excluding carboxylic acids is 2. The highest BCUT2D eigenvalue weighted by Crippen LogP contribution is 2.34. The molecule has 1 saturated heterocycles. The van der Waals surface area contributed by atoms with Crippen LogP contribution in [0.3, 0.4) is 0 Å². The molecule has 1 aliphatic heterocycles. The van der Waals surface area contributed by atoms with Crippen LogP contribution in [-0.2, 0) is 4.79 Å². The van der Waals surface area contributed by atoms with E-state index >= 15 is 0 Å². The summed E-state index contributed by atoms with van der Waals surface area (Å²) in [7, 11) is 3.11. The number of thioether (sulfide) groups is 1. The standard InChI is InChI=1S/C20H19BrN2O4S/c1-12-8-14(21)5-6-15(12)22-11-23-19(24)18(28-20(23)25)10-13-4-7-16(26-2)17(9-13)27-3/h4-10,22H,11H2,1-3H3/b18-10+. The van der Waals surface area contributed by atoms with Crippen molar-refractivity contribution >= 4 is 50.6 Å². The van der Waals surface area contributed by atoms with E-state index in [2.05, 4.69) is 21.2 Å². The summed E-state index contributed by atoms with van der Waals surface area (Å²) < 4.78 is 11.5. The minimum Gasteiger partial charge on any atom is -0.493 e. The van der Waals surface area contributed by atoms with E-state index in [1.807, 2.05) is 25.1 Å². The van der Waals surface area contributed by atoms with Crippen LogP contribution in [0.2, 0.25) is 0 Å². The molecule has 1 heterocycles. The zero-order chi connectivity index (χ0) is 20.3. The van der Waals surface area contributed by atoms with Crippen LogP contribution in [0.15, 0.2) is 45.8 Å². The van der Waals surface area contributed by atoms with Gasteiger partial charge in [0, 0.05) is 10.2 Å². The number of imide groups is 1. The Labute approximate surface area is 176 Å². The number of methoxy groups -OCH3 is 2. The molecule has 0 unspecified atom stereocenters. The van der Waals surface area contributed by atoms with Gasteiger partial charge in [0.25, 0.3) is 11.1 Å². The van der Waals surface area contributed by atoms with Crippen molar-refractivity contribution in [2.24, 2.45) is 0 Å². The Morgan fingerprint density at radius 1 is 1.11 bits per heavy atom. The van der Waals surface area contributed by atoms with Crippen molar-refractivity contribution in [2.75, 3.05) is 26.2 Å². The van der Waals surface area contributed by atoms with E-state index in [4.69, 9.17) is 9.47 Å². The second-order valence-corrected chi connectivity index (χ2v) is 7.93. The van der Waals surface area contributed by atoms with Gasteiger partial charge in [0.2, 0.25) is 0 Å². The van der Waals surface area contributed by atoms with Gasteiger partial charge in [0.05, 0.1) is 25.8 Å². The predicted molar refractivity (Wildman–Crippen MR) is 115 cm³/mol. The monoisotopic (exact) mass is 462 g/mol. The van der Waals surface area contributed by atoms with E-state index in [9.17, 15) is 9.59 Å². The molecular weight excluding hydrogens is 444 g/mol. The molecule has 2 aromatic rings. The predicted octanol–water partition coefficient (Wildman–Crippen LogP) is 4.88. The fourth-order valence-corrected chi connectivity index (χ4v) is 4.03. The van der Waals surface area contributed by atoms with E-state index in [1.54, 1.807) is 38.5 Å². The first-order valence-electron chi connectivity index (χ1n) is 8.40. The SMILES string of the molecule is COc1ccc(/C=C2/SC(=O)N(CNc3ccc(Br)cc3C)C2=O)cc1OC. The summed E-state index contributed by atoms with van der Waals surface area (Å²) in [6.45, 7) is 2.06. The second-order valence-electron chi connectivity index (χ2n) is 6.02. The lowest BCUT2D eigenvalue weighted by atomic mass is 10.2. The maximum absolute atomic E-state index is 12.7. The zero-order valence-electron chi connectivity index (χ0n) is 15.6. The Kier molecular flexibility index (Phi) is 6.31. The average molecular weight is 463 g/mol. The smallest absolute Gasteiger partial charge is 0.295 e. The number of nitrogens with one attached hydrogen (secondary N) is 1. The first kappa shape index (κ1) is 20.3. The minimum absolute atomic E-state index is 0.108. The third-order valence-electron chi connectivity index (χ3n) is 4.20. The summed E-state index contributed by atoms with van der Waals surface area (Å²) in [6.07, 6.45) is 1.68. The summed E-state index contributed by atoms with van der Waals surface area (Å²) in [6, 6.07) is 11.1. The normalized spacial score (nSPS) is 15.3. The van der Waals surface area contributed by atoms with Crippen molar-refractivity contribution < 1.29 is 19.1 Å². The zero-order valence-corrected chi connectivity index (χ0v) is 18.0. The number of benzene rings is 2. The number of nitrogens with zero attached hydrogens (tertiary/aromatic N) is 1. The Balaban J connectivity index is 1.75. The van der Waals surface area contributed by atoms with Crippen molar-refractivity contribution in [1.29, 1.82) is 0 Å². The van der Waals surface area contributed by atoms with Gasteiger partial charge in [0.1, 0.15) is 0 Å². The van der Waals surface area contributed by atoms with Crippen molar-refractivity contribution in [3.63, 3.8) is 0 Å². The van der Waals surface area contributed by atoms with Crippen LogP contribution in [0.4, 0.5) is 10.5 Å². The summed E-state index contributed by atoms with van der Waals surface area (Å²) in [5, 5.41) is 2.84.